The number of rotatable bonds is 4. The Morgan fingerprint density at radius 1 is 1.45 bits per heavy atom. The fourth-order valence-electron chi connectivity index (χ4n) is 2.46. The van der Waals surface area contributed by atoms with Crippen LogP contribution in [-0.2, 0) is 11.3 Å². The Morgan fingerprint density at radius 2 is 2.23 bits per heavy atom. The van der Waals surface area contributed by atoms with E-state index in [1.54, 1.807) is 0 Å². The molecular formula is C15H21IN4O2. The summed E-state index contributed by atoms with van der Waals surface area (Å²) in [5, 5.41) is 3.29. The molecule has 0 spiro atoms. The summed E-state index contributed by atoms with van der Waals surface area (Å²) >= 11 is 0. The van der Waals surface area contributed by atoms with Crippen LogP contribution in [0.4, 0.5) is 0 Å². The molecule has 0 unspecified atom stereocenters. The lowest BCUT2D eigenvalue weighted by Gasteiger charge is -2.15. The van der Waals surface area contributed by atoms with Crippen molar-refractivity contribution in [2.45, 2.75) is 25.3 Å². The fourth-order valence-corrected chi connectivity index (χ4v) is 2.46. The smallest absolute Gasteiger partial charge is 0.339 e. The Balaban J connectivity index is 0.00000176. The third-order valence-electron chi connectivity index (χ3n) is 3.84. The number of pyridine rings is 1. The molecule has 6 nitrogen and oxygen atoms in total. The maximum atomic E-state index is 11.8. The number of guanidine groups is 1. The summed E-state index contributed by atoms with van der Waals surface area (Å²) < 4.78 is 4.83. The van der Waals surface area contributed by atoms with Crippen LogP contribution in [0.3, 0.4) is 0 Å². The maximum Gasteiger partial charge on any atom is 0.339 e. The van der Waals surface area contributed by atoms with Crippen LogP contribution < -0.4 is 5.32 Å². The van der Waals surface area contributed by atoms with Gasteiger partial charge in [-0.3, -0.25) is 9.98 Å². The first-order chi connectivity index (χ1) is 10.2. The standard InChI is InChI=1S/C15H20N4O2.HI/c1-19-8-7-16-15(19)17-9-11-5-6-12(14(20)21-2)13(18-11)10-3-4-10;/h5-6,10H,3-4,7-9H2,1-2H3,(H,16,17);1H. The highest BCUT2D eigenvalue weighted by Crippen LogP contribution is 2.40. The molecule has 0 atom stereocenters. The number of esters is 1. The molecule has 0 amide bonds. The SMILES string of the molecule is COC(=O)c1ccc(CNC2=NCCN2C)nc1C1CC1.I. The summed E-state index contributed by atoms with van der Waals surface area (Å²) in [6.45, 7) is 2.40. The minimum absolute atomic E-state index is 0. The molecule has 0 aromatic carbocycles. The predicted molar refractivity (Wildman–Crippen MR) is 94.7 cm³/mol. The second kappa shape index (κ2) is 7.26. The van der Waals surface area contributed by atoms with Crippen molar-refractivity contribution in [3.8, 4) is 0 Å². The van der Waals surface area contributed by atoms with Crippen molar-refractivity contribution in [1.82, 2.24) is 15.2 Å². The van der Waals surface area contributed by atoms with E-state index in [-0.39, 0.29) is 29.9 Å². The van der Waals surface area contributed by atoms with Gasteiger partial charge in [-0.1, -0.05) is 0 Å². The molecular weight excluding hydrogens is 395 g/mol. The number of hydrogen-bond donors (Lipinski definition) is 1. The van der Waals surface area contributed by atoms with Gasteiger partial charge < -0.3 is 15.0 Å². The van der Waals surface area contributed by atoms with Gasteiger partial charge in [0, 0.05) is 19.5 Å². The van der Waals surface area contributed by atoms with Crippen LogP contribution in [0.15, 0.2) is 17.1 Å². The van der Waals surface area contributed by atoms with Gasteiger partial charge in [-0.2, -0.15) is 0 Å². The quantitative estimate of drug-likeness (QED) is 0.599. The topological polar surface area (TPSA) is 66.8 Å². The van der Waals surface area contributed by atoms with E-state index in [4.69, 9.17) is 4.74 Å². The van der Waals surface area contributed by atoms with Crippen LogP contribution in [0.1, 0.15) is 40.5 Å². The number of ether oxygens (including phenoxy) is 1. The van der Waals surface area contributed by atoms with Crippen molar-refractivity contribution >= 4 is 35.9 Å². The molecule has 22 heavy (non-hydrogen) atoms. The predicted octanol–water partition coefficient (Wildman–Crippen LogP) is 1.75. The molecule has 0 radical (unpaired) electrons. The molecule has 1 fully saturated rings. The Morgan fingerprint density at radius 3 is 2.82 bits per heavy atom. The molecule has 1 N–H and O–H groups in total. The molecule has 1 aromatic heterocycles. The van der Waals surface area contributed by atoms with E-state index in [9.17, 15) is 4.79 Å². The molecule has 120 valence electrons. The van der Waals surface area contributed by atoms with Crippen LogP contribution in [0.2, 0.25) is 0 Å². The number of likely N-dealkylation sites (N-methyl/N-ethyl adjacent to an activating group) is 1. The normalized spacial score (nSPS) is 16.8. The summed E-state index contributed by atoms with van der Waals surface area (Å²) in [4.78, 5) is 22.9. The maximum absolute atomic E-state index is 11.8. The lowest BCUT2D eigenvalue weighted by Crippen LogP contribution is -2.35. The van der Waals surface area contributed by atoms with E-state index in [0.717, 1.165) is 43.3 Å². The summed E-state index contributed by atoms with van der Waals surface area (Å²) in [5.74, 6) is 1.01. The highest BCUT2D eigenvalue weighted by atomic mass is 127. The lowest BCUT2D eigenvalue weighted by molar-refractivity contribution is 0.0598. The van der Waals surface area contributed by atoms with Crippen molar-refractivity contribution in [2.24, 2.45) is 4.99 Å². The largest absolute Gasteiger partial charge is 0.465 e. The zero-order valence-electron chi connectivity index (χ0n) is 12.8. The third-order valence-corrected chi connectivity index (χ3v) is 3.84. The number of halogens is 1. The van der Waals surface area contributed by atoms with Gasteiger partial charge in [-0.15, -0.1) is 24.0 Å². The van der Waals surface area contributed by atoms with Gasteiger partial charge in [-0.25, -0.2) is 4.79 Å². The van der Waals surface area contributed by atoms with Gasteiger partial charge in [0.05, 0.1) is 37.2 Å². The van der Waals surface area contributed by atoms with Crippen LogP contribution in [0, 0.1) is 0 Å². The van der Waals surface area contributed by atoms with Gasteiger partial charge in [0.1, 0.15) is 0 Å². The number of hydrogen-bond acceptors (Lipinski definition) is 6. The van der Waals surface area contributed by atoms with E-state index in [1.807, 2.05) is 19.2 Å². The minimum Gasteiger partial charge on any atom is -0.465 e. The van der Waals surface area contributed by atoms with Crippen molar-refractivity contribution < 1.29 is 9.53 Å². The average molecular weight is 416 g/mol. The fraction of sp³-hybridized carbons (Fsp3) is 0.533. The Hall–Kier alpha value is -1.38. The number of nitrogens with zero attached hydrogens (tertiary/aromatic N) is 3. The second-order valence-corrected chi connectivity index (χ2v) is 5.48. The Labute approximate surface area is 147 Å². The van der Waals surface area contributed by atoms with E-state index in [1.165, 1.54) is 7.11 Å². The number of methoxy groups -OCH3 is 1. The Kier molecular flexibility index (Phi) is 5.60. The van der Waals surface area contributed by atoms with Crippen LogP contribution in [-0.4, -0.2) is 49.1 Å². The van der Waals surface area contributed by atoms with E-state index in [0.29, 0.717) is 18.0 Å². The number of carbonyl (C=O) groups is 1. The number of nitrogens with one attached hydrogen (secondary N) is 1. The summed E-state index contributed by atoms with van der Waals surface area (Å²) in [7, 11) is 3.42. The van der Waals surface area contributed by atoms with E-state index in [2.05, 4.69) is 20.2 Å². The van der Waals surface area contributed by atoms with Crippen molar-refractivity contribution in [1.29, 1.82) is 0 Å². The van der Waals surface area contributed by atoms with Crippen LogP contribution in [0.25, 0.3) is 0 Å². The number of aromatic nitrogens is 1. The lowest BCUT2D eigenvalue weighted by atomic mass is 10.1. The van der Waals surface area contributed by atoms with Crippen LogP contribution in [0.5, 0.6) is 0 Å². The van der Waals surface area contributed by atoms with E-state index < -0.39 is 0 Å². The first-order valence-electron chi connectivity index (χ1n) is 7.26. The zero-order chi connectivity index (χ0) is 14.8. The molecule has 2 aliphatic rings. The van der Waals surface area contributed by atoms with Crippen molar-refractivity contribution in [3.05, 3.63) is 29.1 Å². The highest BCUT2D eigenvalue weighted by molar-refractivity contribution is 14.0. The van der Waals surface area contributed by atoms with Gasteiger partial charge in [0.25, 0.3) is 0 Å². The zero-order valence-corrected chi connectivity index (χ0v) is 15.2. The number of carbonyl (C=O) groups excluding carboxylic acids is 1. The van der Waals surface area contributed by atoms with Crippen LogP contribution >= 0.6 is 24.0 Å². The molecule has 1 aliphatic heterocycles. The summed E-state index contributed by atoms with van der Waals surface area (Å²) in [6, 6.07) is 3.70. The first kappa shape index (κ1) is 17.0. The molecule has 1 aromatic rings. The van der Waals surface area contributed by atoms with Gasteiger partial charge >= 0.3 is 5.97 Å². The van der Waals surface area contributed by atoms with Crippen molar-refractivity contribution in [2.75, 3.05) is 27.2 Å². The molecule has 1 aliphatic carbocycles. The van der Waals surface area contributed by atoms with E-state index >= 15 is 0 Å². The summed E-state index contributed by atoms with van der Waals surface area (Å²) in [5.41, 5.74) is 2.40. The molecule has 0 bridgehead atoms. The molecule has 2 heterocycles. The minimum atomic E-state index is -0.302. The summed E-state index contributed by atoms with van der Waals surface area (Å²) in [6.07, 6.45) is 2.20. The average Bonchev–Trinajstić information content (AvgIpc) is 3.27. The molecule has 0 saturated heterocycles. The highest BCUT2D eigenvalue weighted by Gasteiger charge is 2.30. The first-order valence-corrected chi connectivity index (χ1v) is 7.26. The molecule has 7 heteroatoms. The third kappa shape index (κ3) is 3.68. The number of aliphatic imine (C=N–C) groups is 1. The monoisotopic (exact) mass is 416 g/mol. The molecule has 3 rings (SSSR count). The van der Waals surface area contributed by atoms with Crippen molar-refractivity contribution in [3.63, 3.8) is 0 Å². The second-order valence-electron chi connectivity index (χ2n) is 5.48. The molecule has 1 saturated carbocycles. The van der Waals surface area contributed by atoms with Gasteiger partial charge in [0.15, 0.2) is 5.96 Å². The van der Waals surface area contributed by atoms with Gasteiger partial charge in [0.2, 0.25) is 0 Å². The Bertz CT molecular complexity index is 587. The van der Waals surface area contributed by atoms with Gasteiger partial charge in [-0.05, 0) is 25.0 Å².